The molecule has 0 bridgehead atoms. The third-order valence-corrected chi connectivity index (χ3v) is 2.24. The summed E-state index contributed by atoms with van der Waals surface area (Å²) in [6.07, 6.45) is 0. The molecule has 88 valence electrons. The van der Waals surface area contributed by atoms with Crippen molar-refractivity contribution in [1.29, 1.82) is 0 Å². The van der Waals surface area contributed by atoms with Gasteiger partial charge in [0.15, 0.2) is 11.6 Å². The Morgan fingerprint density at radius 2 is 1.94 bits per heavy atom. The van der Waals surface area contributed by atoms with E-state index >= 15 is 0 Å². The zero-order chi connectivity index (χ0) is 12.6. The van der Waals surface area contributed by atoms with Crippen LogP contribution in [0, 0.1) is 11.6 Å². The molecule has 0 atom stereocenters. The third-order valence-electron chi connectivity index (χ3n) is 2.07. The number of anilines is 1. The molecule has 0 aliphatic heterocycles. The van der Waals surface area contributed by atoms with Gasteiger partial charge in [-0.2, -0.15) is 4.98 Å². The molecule has 1 heterocycles. The van der Waals surface area contributed by atoms with Gasteiger partial charge in [0.1, 0.15) is 17.3 Å². The first-order valence-electron chi connectivity index (χ1n) is 4.46. The van der Waals surface area contributed by atoms with Crippen molar-refractivity contribution in [3.05, 3.63) is 35.1 Å². The van der Waals surface area contributed by atoms with E-state index in [4.69, 9.17) is 17.3 Å². The summed E-state index contributed by atoms with van der Waals surface area (Å²) in [6.45, 7) is 0. The lowest BCUT2D eigenvalue weighted by Crippen LogP contribution is -1.98. The van der Waals surface area contributed by atoms with E-state index in [1.54, 1.807) is 0 Å². The van der Waals surface area contributed by atoms with Gasteiger partial charge in [0.25, 0.3) is 0 Å². The molecule has 0 radical (unpaired) electrons. The molecule has 0 saturated carbocycles. The number of nitrogens with zero attached hydrogens (tertiary/aromatic N) is 2. The van der Waals surface area contributed by atoms with E-state index in [2.05, 4.69) is 9.97 Å². The van der Waals surface area contributed by atoms with Gasteiger partial charge in [-0.25, -0.2) is 13.8 Å². The van der Waals surface area contributed by atoms with Gasteiger partial charge >= 0.3 is 0 Å². The zero-order valence-corrected chi connectivity index (χ0v) is 9.04. The lowest BCUT2D eigenvalue weighted by molar-refractivity contribution is 0.474. The molecule has 7 heteroatoms. The van der Waals surface area contributed by atoms with Gasteiger partial charge in [0.05, 0.1) is 0 Å². The van der Waals surface area contributed by atoms with E-state index in [1.807, 2.05) is 0 Å². The second-order valence-electron chi connectivity index (χ2n) is 3.20. The lowest BCUT2D eigenvalue weighted by Gasteiger charge is -2.07. The van der Waals surface area contributed by atoms with Gasteiger partial charge in [-0.15, -0.1) is 0 Å². The van der Waals surface area contributed by atoms with Gasteiger partial charge in [-0.1, -0.05) is 0 Å². The predicted octanol–water partition coefficient (Wildman–Crippen LogP) is 2.36. The normalized spacial score (nSPS) is 10.5. The maximum atomic E-state index is 13.5. The number of hydrogen-bond donors (Lipinski definition) is 2. The van der Waals surface area contributed by atoms with Crippen molar-refractivity contribution in [2.45, 2.75) is 0 Å². The van der Waals surface area contributed by atoms with E-state index in [9.17, 15) is 13.9 Å². The Labute approximate surface area is 99.7 Å². The van der Waals surface area contributed by atoms with Gasteiger partial charge in [0, 0.05) is 11.6 Å². The van der Waals surface area contributed by atoms with Crippen molar-refractivity contribution in [2.75, 3.05) is 5.73 Å². The molecule has 0 amide bonds. The van der Waals surface area contributed by atoms with Gasteiger partial charge in [-0.05, 0) is 23.7 Å². The van der Waals surface area contributed by atoms with E-state index in [0.29, 0.717) is 6.07 Å². The number of nitrogen functional groups attached to an aromatic ring is 1. The molecule has 17 heavy (non-hydrogen) atoms. The van der Waals surface area contributed by atoms with Crippen LogP contribution in [0.4, 0.5) is 14.6 Å². The summed E-state index contributed by atoms with van der Waals surface area (Å²) >= 11 is 5.55. The number of hydrogen-bond acceptors (Lipinski definition) is 4. The first-order valence-corrected chi connectivity index (χ1v) is 4.84. The number of halogens is 3. The molecule has 0 saturated heterocycles. The predicted molar refractivity (Wildman–Crippen MR) is 58.5 cm³/mol. The van der Waals surface area contributed by atoms with Crippen molar-refractivity contribution in [2.24, 2.45) is 0 Å². The molecule has 0 aliphatic rings. The summed E-state index contributed by atoms with van der Waals surface area (Å²) in [5, 5.41) is 9.36. The first-order chi connectivity index (χ1) is 7.99. The summed E-state index contributed by atoms with van der Waals surface area (Å²) in [5.41, 5.74) is 5.06. The molecule has 4 nitrogen and oxygen atoms in total. The molecule has 2 aromatic rings. The summed E-state index contributed by atoms with van der Waals surface area (Å²) in [4.78, 5) is 7.15. The molecule has 3 N–H and O–H groups in total. The molecule has 0 spiro atoms. The topological polar surface area (TPSA) is 72.0 Å². The molecular weight excluding hydrogens is 252 g/mol. The van der Waals surface area contributed by atoms with Crippen LogP contribution in [0.3, 0.4) is 0 Å². The number of aromatic hydroxyl groups is 1. The number of rotatable bonds is 1. The Morgan fingerprint density at radius 1 is 1.24 bits per heavy atom. The standard InChI is InChI=1S/C10H6ClF2N3O/c11-10-15-7(8(17)9(14)16-10)5-2-1-4(12)3-6(5)13/h1-3,17H,(H2,14,15,16). The summed E-state index contributed by atoms with van der Waals surface area (Å²) in [5.74, 6) is -2.39. The quantitative estimate of drug-likeness (QED) is 0.770. The van der Waals surface area contributed by atoms with Crippen LogP contribution in [0.15, 0.2) is 18.2 Å². The third kappa shape index (κ3) is 2.12. The molecule has 0 unspecified atom stereocenters. The highest BCUT2D eigenvalue weighted by Crippen LogP contribution is 2.33. The van der Waals surface area contributed by atoms with Crippen molar-refractivity contribution >= 4 is 17.4 Å². The van der Waals surface area contributed by atoms with E-state index in [0.717, 1.165) is 12.1 Å². The van der Waals surface area contributed by atoms with Crippen molar-refractivity contribution < 1.29 is 13.9 Å². The molecule has 1 aromatic heterocycles. The second kappa shape index (κ2) is 4.14. The van der Waals surface area contributed by atoms with Crippen LogP contribution in [0.25, 0.3) is 11.3 Å². The fourth-order valence-electron chi connectivity index (χ4n) is 1.31. The summed E-state index contributed by atoms with van der Waals surface area (Å²) < 4.78 is 26.2. The molecule has 2 rings (SSSR count). The van der Waals surface area contributed by atoms with Crippen molar-refractivity contribution in [3.8, 4) is 17.0 Å². The monoisotopic (exact) mass is 257 g/mol. The Kier molecular flexibility index (Phi) is 2.81. The highest BCUT2D eigenvalue weighted by molar-refractivity contribution is 6.28. The Hall–Kier alpha value is -1.95. The van der Waals surface area contributed by atoms with Crippen molar-refractivity contribution in [3.63, 3.8) is 0 Å². The molecular formula is C10H6ClF2N3O. The molecule has 0 aliphatic carbocycles. The van der Waals surface area contributed by atoms with Gasteiger partial charge in [-0.3, -0.25) is 0 Å². The number of benzene rings is 1. The van der Waals surface area contributed by atoms with Crippen LogP contribution in [-0.4, -0.2) is 15.1 Å². The molecule has 0 fully saturated rings. The van der Waals surface area contributed by atoms with Crippen LogP contribution in [0.5, 0.6) is 5.75 Å². The number of nitrogens with two attached hydrogens (primary N) is 1. The van der Waals surface area contributed by atoms with Crippen molar-refractivity contribution in [1.82, 2.24) is 9.97 Å². The molecule has 1 aromatic carbocycles. The average Bonchev–Trinajstić information content (AvgIpc) is 2.24. The summed E-state index contributed by atoms with van der Waals surface area (Å²) in [6, 6.07) is 2.83. The average molecular weight is 258 g/mol. The maximum absolute atomic E-state index is 13.5. The smallest absolute Gasteiger partial charge is 0.225 e. The van der Waals surface area contributed by atoms with E-state index < -0.39 is 17.4 Å². The SMILES string of the molecule is Nc1nc(Cl)nc(-c2ccc(F)cc2F)c1O. The van der Waals surface area contributed by atoms with Gasteiger partial charge in [0.2, 0.25) is 5.28 Å². The minimum atomic E-state index is -0.880. The van der Waals surface area contributed by atoms with E-state index in [1.165, 1.54) is 0 Å². The summed E-state index contributed by atoms with van der Waals surface area (Å²) in [7, 11) is 0. The number of aromatic nitrogens is 2. The highest BCUT2D eigenvalue weighted by atomic mass is 35.5. The largest absolute Gasteiger partial charge is 0.503 e. The second-order valence-corrected chi connectivity index (χ2v) is 3.54. The minimum absolute atomic E-state index is 0.111. The fraction of sp³-hybridized carbons (Fsp3) is 0. The van der Waals surface area contributed by atoms with Gasteiger partial charge < -0.3 is 10.8 Å². The van der Waals surface area contributed by atoms with Crippen LogP contribution in [-0.2, 0) is 0 Å². The Morgan fingerprint density at radius 3 is 2.59 bits per heavy atom. The van der Waals surface area contributed by atoms with Crippen LogP contribution in [0.1, 0.15) is 0 Å². The Bertz CT molecular complexity index is 592. The Balaban J connectivity index is 2.68. The van der Waals surface area contributed by atoms with Crippen LogP contribution < -0.4 is 5.73 Å². The maximum Gasteiger partial charge on any atom is 0.225 e. The zero-order valence-electron chi connectivity index (χ0n) is 8.28. The van der Waals surface area contributed by atoms with E-state index in [-0.39, 0.29) is 22.4 Å². The minimum Gasteiger partial charge on any atom is -0.503 e. The first kappa shape index (κ1) is 11.5. The lowest BCUT2D eigenvalue weighted by atomic mass is 10.1. The highest BCUT2D eigenvalue weighted by Gasteiger charge is 2.16. The fourth-order valence-corrected chi connectivity index (χ4v) is 1.49. The van der Waals surface area contributed by atoms with Crippen LogP contribution in [0.2, 0.25) is 5.28 Å². The van der Waals surface area contributed by atoms with Crippen LogP contribution >= 0.6 is 11.6 Å².